The molecule has 6 heteroatoms. The van der Waals surface area contributed by atoms with Gasteiger partial charge in [-0.1, -0.05) is 0 Å². The predicted molar refractivity (Wildman–Crippen MR) is 291 cm³/mol. The summed E-state index contributed by atoms with van der Waals surface area (Å²) in [4.78, 5) is 37.7. The molecule has 0 N–H and O–H groups in total. The molecule has 0 aromatic carbocycles. The van der Waals surface area contributed by atoms with Crippen LogP contribution in [0.4, 0.5) is 0 Å². The van der Waals surface area contributed by atoms with E-state index in [-0.39, 0.29) is 0 Å². The van der Waals surface area contributed by atoms with Gasteiger partial charge in [0.1, 0.15) is 18.3 Å². The molecule has 6 nitrogen and oxygen atoms in total. The van der Waals surface area contributed by atoms with Gasteiger partial charge < -0.3 is 14.2 Å². The van der Waals surface area contributed by atoms with Crippen LogP contribution in [-0.2, 0) is 28.6 Å². The lowest BCUT2D eigenvalue weighted by atomic mass is 10.2. The molecule has 0 fully saturated rings. The third kappa shape index (κ3) is 49.1. The maximum atomic E-state index is 12.8. The topological polar surface area (TPSA) is 78.9 Å². The van der Waals surface area contributed by atoms with Gasteiger partial charge in [-0.25, -0.2) is 9.59 Å². The molecule has 0 radical (unpaired) electrons. The van der Waals surface area contributed by atoms with Crippen LogP contribution in [0.25, 0.3) is 0 Å². The first-order chi connectivity index (χ1) is 38.5. The van der Waals surface area contributed by atoms with Gasteiger partial charge >= 0.3 is 17.9 Å². The summed E-state index contributed by atoms with van der Waals surface area (Å²) in [6, 6.07) is 0. The van der Waals surface area contributed by atoms with Gasteiger partial charge in [-0.2, -0.15) is 0 Å². The van der Waals surface area contributed by atoms with E-state index in [1.54, 1.807) is 0 Å². The first-order valence-corrected chi connectivity index (χ1v) is 19.2. The zero-order valence-electron chi connectivity index (χ0n) is 39.0. The van der Waals surface area contributed by atoms with Gasteiger partial charge in [-0.05, 0) is 142 Å². The molecule has 0 unspecified atom stereocenters. The Morgan fingerprint density at radius 1 is 0.244 bits per heavy atom. The summed E-state index contributed by atoms with van der Waals surface area (Å²) in [6.07, 6.45) is 20.6. The van der Waals surface area contributed by atoms with Gasteiger partial charge in [-0.3, -0.25) is 4.79 Å². The lowest BCUT2D eigenvalue weighted by Crippen LogP contribution is -2.13. The second-order valence-electron chi connectivity index (χ2n) is 10.00. The number of hydrogen-bond acceptors (Lipinski definition) is 6. The smallest absolute Gasteiger partial charge is 0.348 e. The Labute approximate surface area is 455 Å². The van der Waals surface area contributed by atoms with Crippen molar-refractivity contribution < 1.29 is 28.6 Å². The Balaban J connectivity index is 5.84. The summed E-state index contributed by atoms with van der Waals surface area (Å²) < 4.78 is 14.2. The highest BCUT2D eigenvalue weighted by molar-refractivity contribution is 6.00. The second-order valence-corrected chi connectivity index (χ2v) is 10.00. The van der Waals surface area contributed by atoms with E-state index in [9.17, 15) is 14.4 Å². The first-order valence-electron chi connectivity index (χ1n) is 19.2. The van der Waals surface area contributed by atoms with Crippen molar-refractivity contribution in [2.75, 3.05) is 0 Å². The fraction of sp³-hybridized carbons (Fsp3) is 0.0139. The van der Waals surface area contributed by atoms with Crippen LogP contribution in [0.1, 0.15) is 6.42 Å². The summed E-state index contributed by atoms with van der Waals surface area (Å²) in [5.74, 6) is 139. The van der Waals surface area contributed by atoms with Crippen molar-refractivity contribution >= 4 is 17.9 Å². The van der Waals surface area contributed by atoms with E-state index >= 15 is 0 Å². The van der Waals surface area contributed by atoms with Crippen LogP contribution >= 0.6 is 0 Å². The summed E-state index contributed by atoms with van der Waals surface area (Å²) in [5, 5.41) is 0. The van der Waals surface area contributed by atoms with E-state index in [0.717, 1.165) is 0 Å². The van der Waals surface area contributed by atoms with E-state index in [1.807, 2.05) is 18.3 Å². The molecule has 78 heavy (non-hydrogen) atoms. The SMILES string of the molecule is C#CC#CC#CC#CC#CC#CC#CC#CC#CC#CC#COC(=O)C=C(CC(=O)OC#CC#CC#CC#CC#CC#CC#CC#CC#CC#CC#C)C(=O)OC#CC#CC#CC#CC#CC#CC#CC#CC#CC#CC#C. The fourth-order valence-corrected chi connectivity index (χ4v) is 2.62. The molecule has 0 aliphatic heterocycles. The maximum Gasteiger partial charge on any atom is 0.348 e. The van der Waals surface area contributed by atoms with Crippen molar-refractivity contribution in [1.82, 2.24) is 0 Å². The van der Waals surface area contributed by atoms with Crippen molar-refractivity contribution in [3.05, 3.63) is 11.6 Å². The molecule has 0 aliphatic rings. The number of terminal acetylenes is 3. The minimum absolute atomic E-state index is 0.584. The Hall–Kier alpha value is -16.4. The fourth-order valence-electron chi connectivity index (χ4n) is 2.62. The van der Waals surface area contributed by atoms with Gasteiger partial charge in [-0.15, -0.1) is 19.3 Å². The number of hydrogen-bond donors (Lipinski definition) is 0. The van der Waals surface area contributed by atoms with Crippen molar-refractivity contribution in [2.45, 2.75) is 6.42 Å². The molecule has 0 saturated carbocycles. The van der Waals surface area contributed by atoms with E-state index in [2.05, 4.69) is 355 Å². The predicted octanol–water partition coefficient (Wildman–Crippen LogP) is -0.193. The molecule has 0 rings (SSSR count). The van der Waals surface area contributed by atoms with Crippen LogP contribution in [-0.4, -0.2) is 17.9 Å². The molecular formula is C72H6O6. The summed E-state index contributed by atoms with van der Waals surface area (Å²) in [6.45, 7) is 0. The highest BCUT2D eigenvalue weighted by Gasteiger charge is 2.18. The Bertz CT molecular complexity index is 4840. The van der Waals surface area contributed by atoms with Gasteiger partial charge in [0.25, 0.3) is 0 Å². The quantitative estimate of drug-likeness (QED) is 0.169. The van der Waals surface area contributed by atoms with Crippen molar-refractivity contribution in [3.8, 4) is 393 Å². The Kier molecular flexibility index (Phi) is 42.1. The normalized spacial score (nSPS) is 5.17. The van der Waals surface area contributed by atoms with Gasteiger partial charge in [0, 0.05) is 219 Å². The zero-order valence-corrected chi connectivity index (χ0v) is 39.0. The monoisotopic (exact) mass is 966 g/mol. The largest absolute Gasteiger partial charge is 0.371 e. The number of carbonyl (C=O) groups excluding carboxylic acids is 3. The second kappa shape index (κ2) is 53.2. The van der Waals surface area contributed by atoms with Crippen molar-refractivity contribution in [1.29, 1.82) is 0 Å². The Morgan fingerprint density at radius 2 is 0.423 bits per heavy atom. The minimum atomic E-state index is -1.26. The van der Waals surface area contributed by atoms with E-state index in [0.29, 0.717) is 6.08 Å². The van der Waals surface area contributed by atoms with Gasteiger partial charge in [0.2, 0.25) is 0 Å². The van der Waals surface area contributed by atoms with Gasteiger partial charge in [0.15, 0.2) is 0 Å². The number of rotatable bonds is 4. The molecule has 0 aliphatic carbocycles. The lowest BCUT2D eigenvalue weighted by Gasteiger charge is -2.01. The Morgan fingerprint density at radius 3 is 0.641 bits per heavy atom. The van der Waals surface area contributed by atoms with Crippen LogP contribution in [0, 0.1) is 393 Å². The number of carbonyl (C=O) groups is 3. The molecule has 0 saturated heterocycles. The zero-order chi connectivity index (χ0) is 56.4. The molecule has 0 amide bonds. The number of esters is 3. The third-order valence-corrected chi connectivity index (χ3v) is 5.09. The highest BCUT2D eigenvalue weighted by atomic mass is 16.5. The van der Waals surface area contributed by atoms with E-state index < -0.39 is 29.9 Å². The molecule has 0 aromatic heterocycles. The van der Waals surface area contributed by atoms with Crippen LogP contribution in [0.2, 0.25) is 0 Å². The van der Waals surface area contributed by atoms with Crippen LogP contribution in [0.5, 0.6) is 0 Å². The molecule has 0 heterocycles. The average molecular weight is 967 g/mol. The standard InChI is InChI=1S/C72H6O6/c1-4-7-10-13-16-19-22-25-28-31-34-37-40-43-46-49-52-55-58-61-64-76-70(73)67-69(72(75)78-66-63-60-57-54-51-48-45-42-39-36-33-30-27-24-21-18-15-12-9-6-3)68-71(74)77-65-62-59-56-53-50-47-44-41-38-35-32-29-26-23-20-17-14-11-8-5-2/h1-3,67H,68H2. The van der Waals surface area contributed by atoms with Gasteiger partial charge in [0.05, 0.1) is 12.0 Å². The molecule has 0 bridgehead atoms. The van der Waals surface area contributed by atoms with E-state index in [1.165, 1.54) is 0 Å². The lowest BCUT2D eigenvalue weighted by molar-refractivity contribution is -0.139. The van der Waals surface area contributed by atoms with Crippen LogP contribution < -0.4 is 0 Å². The third-order valence-electron chi connectivity index (χ3n) is 5.09. The summed E-state index contributed by atoms with van der Waals surface area (Å²) in [5.41, 5.74) is -0.584. The molecular weight excluding hydrogens is 961 g/mol. The number of ether oxygens (including phenoxy) is 3. The molecule has 330 valence electrons. The summed E-state index contributed by atoms with van der Waals surface area (Å²) >= 11 is 0. The molecule has 0 aromatic rings. The van der Waals surface area contributed by atoms with Crippen LogP contribution in [0.3, 0.4) is 0 Å². The molecule has 0 atom stereocenters. The first kappa shape index (κ1) is 61.6. The van der Waals surface area contributed by atoms with Crippen LogP contribution in [0.15, 0.2) is 11.6 Å². The highest BCUT2D eigenvalue weighted by Crippen LogP contribution is 2.07. The minimum Gasteiger partial charge on any atom is -0.371 e. The van der Waals surface area contributed by atoms with Crippen molar-refractivity contribution in [3.63, 3.8) is 0 Å². The summed E-state index contributed by atoms with van der Waals surface area (Å²) in [7, 11) is 0. The van der Waals surface area contributed by atoms with E-state index in [4.69, 9.17) is 33.5 Å². The van der Waals surface area contributed by atoms with Crippen molar-refractivity contribution in [2.24, 2.45) is 0 Å². The molecule has 0 spiro atoms. The average Bonchev–Trinajstić information content (AvgIpc) is 3.44. The maximum absolute atomic E-state index is 12.8.